The zero-order valence-corrected chi connectivity index (χ0v) is 10.5. The van der Waals surface area contributed by atoms with Gasteiger partial charge in [-0.25, -0.2) is 0 Å². The molecule has 0 spiro atoms. The van der Waals surface area contributed by atoms with Crippen molar-refractivity contribution in [2.24, 2.45) is 5.92 Å². The van der Waals surface area contributed by atoms with Gasteiger partial charge in [-0.15, -0.1) is 11.3 Å². The predicted octanol–water partition coefficient (Wildman–Crippen LogP) is 1.41. The van der Waals surface area contributed by atoms with Gasteiger partial charge in [-0.3, -0.25) is 9.59 Å². The maximum absolute atomic E-state index is 12.1. The highest BCUT2D eigenvalue weighted by atomic mass is 32.1. The molecular formula is C12H15NO3S. The van der Waals surface area contributed by atoms with E-state index in [9.17, 15) is 9.59 Å². The topological polar surface area (TPSA) is 57.6 Å². The van der Waals surface area contributed by atoms with Crippen LogP contribution in [0.2, 0.25) is 0 Å². The van der Waals surface area contributed by atoms with Crippen LogP contribution >= 0.6 is 11.3 Å². The van der Waals surface area contributed by atoms with E-state index in [2.05, 4.69) is 0 Å². The van der Waals surface area contributed by atoms with Crippen molar-refractivity contribution in [2.45, 2.75) is 13.3 Å². The third-order valence-corrected chi connectivity index (χ3v) is 4.17. The van der Waals surface area contributed by atoms with E-state index in [1.807, 2.05) is 0 Å². The molecule has 1 amide bonds. The first-order chi connectivity index (χ1) is 8.11. The molecule has 1 aromatic rings. The molecule has 17 heavy (non-hydrogen) atoms. The fraction of sp³-hybridized carbons (Fsp3) is 0.500. The number of carbonyl (C=O) groups is 2. The average molecular weight is 253 g/mol. The second-order valence-corrected chi connectivity index (χ2v) is 5.39. The predicted molar refractivity (Wildman–Crippen MR) is 65.4 cm³/mol. The van der Waals surface area contributed by atoms with E-state index in [1.165, 1.54) is 18.3 Å². The van der Waals surface area contributed by atoms with Gasteiger partial charge in [-0.2, -0.15) is 0 Å². The Morgan fingerprint density at radius 3 is 2.71 bits per heavy atom. The molecule has 1 N–H and O–H groups in total. The quantitative estimate of drug-likeness (QED) is 0.828. The summed E-state index contributed by atoms with van der Waals surface area (Å²) in [7, 11) is 0. The van der Waals surface area contributed by atoms with Crippen LogP contribution in [0.25, 0.3) is 0 Å². The van der Waals surface area contributed by atoms with Crippen molar-refractivity contribution < 1.29 is 14.7 Å². The van der Waals surface area contributed by atoms with E-state index >= 15 is 0 Å². The molecule has 1 atom stereocenters. The highest BCUT2D eigenvalue weighted by molar-refractivity contribution is 7.15. The van der Waals surface area contributed by atoms with Crippen molar-refractivity contribution in [1.29, 1.82) is 0 Å². The lowest BCUT2D eigenvalue weighted by atomic mass is 10.1. The van der Waals surface area contributed by atoms with Crippen molar-refractivity contribution in [3.05, 3.63) is 21.9 Å². The van der Waals surface area contributed by atoms with Crippen LogP contribution < -0.4 is 0 Å². The molecule has 2 heterocycles. The Morgan fingerprint density at radius 1 is 1.47 bits per heavy atom. The number of amides is 1. The maximum atomic E-state index is 12.1. The van der Waals surface area contributed by atoms with Gasteiger partial charge in [0, 0.05) is 25.6 Å². The Hall–Kier alpha value is -1.20. The third kappa shape index (κ3) is 2.56. The van der Waals surface area contributed by atoms with E-state index in [4.69, 9.17) is 5.11 Å². The molecule has 1 saturated heterocycles. The Morgan fingerprint density at radius 2 is 2.18 bits per heavy atom. The Bertz CT molecular complexity index is 441. The first kappa shape index (κ1) is 12.3. The number of aliphatic hydroxyl groups excluding tert-OH is 1. The van der Waals surface area contributed by atoms with E-state index in [0.29, 0.717) is 22.8 Å². The van der Waals surface area contributed by atoms with E-state index in [1.54, 1.807) is 17.0 Å². The summed E-state index contributed by atoms with van der Waals surface area (Å²) in [5.41, 5.74) is 0. The van der Waals surface area contributed by atoms with Gasteiger partial charge in [0.2, 0.25) is 0 Å². The van der Waals surface area contributed by atoms with Gasteiger partial charge in [-0.05, 0) is 25.5 Å². The molecular weight excluding hydrogens is 238 g/mol. The summed E-state index contributed by atoms with van der Waals surface area (Å²) in [6, 6.07) is 3.40. The number of carbonyl (C=O) groups excluding carboxylic acids is 2. The Labute approximate surface area is 104 Å². The number of ketones is 1. The lowest BCUT2D eigenvalue weighted by Crippen LogP contribution is -2.28. The van der Waals surface area contributed by atoms with E-state index in [-0.39, 0.29) is 24.2 Å². The molecule has 1 fully saturated rings. The Kier molecular flexibility index (Phi) is 3.59. The van der Waals surface area contributed by atoms with Crippen LogP contribution in [-0.2, 0) is 0 Å². The second-order valence-electron chi connectivity index (χ2n) is 4.31. The average Bonchev–Trinajstić information content (AvgIpc) is 2.97. The number of hydrogen-bond donors (Lipinski definition) is 1. The highest BCUT2D eigenvalue weighted by Gasteiger charge is 2.27. The number of rotatable bonds is 3. The number of likely N-dealkylation sites (tertiary alicyclic amines) is 1. The minimum absolute atomic E-state index is 0.0105. The summed E-state index contributed by atoms with van der Waals surface area (Å²) in [5, 5.41) is 9.03. The third-order valence-electron chi connectivity index (χ3n) is 3.00. The van der Waals surface area contributed by atoms with Crippen LogP contribution in [0.15, 0.2) is 12.1 Å². The molecule has 1 unspecified atom stereocenters. The normalized spacial score (nSPS) is 19.6. The molecule has 1 aliphatic rings. The van der Waals surface area contributed by atoms with Crippen LogP contribution in [0.3, 0.4) is 0 Å². The number of hydrogen-bond acceptors (Lipinski definition) is 4. The number of aliphatic hydroxyl groups is 1. The smallest absolute Gasteiger partial charge is 0.263 e. The molecule has 4 nitrogen and oxygen atoms in total. The summed E-state index contributed by atoms with van der Waals surface area (Å²) in [5.74, 6) is 0.161. The molecule has 5 heteroatoms. The fourth-order valence-electron chi connectivity index (χ4n) is 1.96. The summed E-state index contributed by atoms with van der Waals surface area (Å²) >= 11 is 1.24. The molecule has 92 valence electrons. The first-order valence-electron chi connectivity index (χ1n) is 5.62. The van der Waals surface area contributed by atoms with Crippen LogP contribution in [0, 0.1) is 5.92 Å². The van der Waals surface area contributed by atoms with Crippen molar-refractivity contribution in [1.82, 2.24) is 4.90 Å². The fourth-order valence-corrected chi connectivity index (χ4v) is 2.83. The molecule has 0 saturated carbocycles. The lowest BCUT2D eigenvalue weighted by molar-refractivity contribution is 0.0786. The number of nitrogens with zero attached hydrogens (tertiary/aromatic N) is 1. The van der Waals surface area contributed by atoms with Crippen LogP contribution in [0.4, 0.5) is 0 Å². The summed E-state index contributed by atoms with van der Waals surface area (Å²) in [6.07, 6.45) is 0.854. The van der Waals surface area contributed by atoms with Gasteiger partial charge in [0.1, 0.15) is 0 Å². The minimum Gasteiger partial charge on any atom is -0.396 e. The monoisotopic (exact) mass is 253 g/mol. The zero-order chi connectivity index (χ0) is 12.4. The SMILES string of the molecule is CC(=O)c1ccc(C(=O)N2CCC(CO)C2)s1. The molecule has 0 bridgehead atoms. The minimum atomic E-state index is -0.0292. The van der Waals surface area contributed by atoms with Gasteiger partial charge >= 0.3 is 0 Å². The van der Waals surface area contributed by atoms with E-state index in [0.717, 1.165) is 6.42 Å². The summed E-state index contributed by atoms with van der Waals surface area (Å²) < 4.78 is 0. The molecule has 0 radical (unpaired) electrons. The molecule has 2 rings (SSSR count). The van der Waals surface area contributed by atoms with Crippen LogP contribution in [0.1, 0.15) is 32.7 Å². The maximum Gasteiger partial charge on any atom is 0.263 e. The van der Waals surface area contributed by atoms with Gasteiger partial charge in [-0.1, -0.05) is 0 Å². The second kappa shape index (κ2) is 4.98. The largest absolute Gasteiger partial charge is 0.396 e. The van der Waals surface area contributed by atoms with Crippen LogP contribution in [0.5, 0.6) is 0 Å². The zero-order valence-electron chi connectivity index (χ0n) is 9.68. The molecule has 1 aromatic heterocycles. The summed E-state index contributed by atoms with van der Waals surface area (Å²) in [6.45, 7) is 2.94. The van der Waals surface area contributed by atoms with Gasteiger partial charge in [0.25, 0.3) is 5.91 Å². The van der Waals surface area contributed by atoms with Gasteiger partial charge < -0.3 is 10.0 Å². The molecule has 0 aliphatic carbocycles. The summed E-state index contributed by atoms with van der Waals surface area (Å²) in [4.78, 5) is 26.2. The molecule has 0 aromatic carbocycles. The number of thiophene rings is 1. The molecule has 1 aliphatic heterocycles. The van der Waals surface area contributed by atoms with Crippen molar-refractivity contribution in [2.75, 3.05) is 19.7 Å². The first-order valence-corrected chi connectivity index (χ1v) is 6.44. The number of Topliss-reactive ketones (excluding diaryl/α,β-unsaturated/α-hetero) is 1. The van der Waals surface area contributed by atoms with Crippen molar-refractivity contribution >= 4 is 23.0 Å². The van der Waals surface area contributed by atoms with Crippen molar-refractivity contribution in [3.63, 3.8) is 0 Å². The van der Waals surface area contributed by atoms with E-state index < -0.39 is 0 Å². The van der Waals surface area contributed by atoms with Crippen LogP contribution in [-0.4, -0.2) is 41.4 Å². The van der Waals surface area contributed by atoms with Gasteiger partial charge in [0.05, 0.1) is 9.75 Å². The highest BCUT2D eigenvalue weighted by Crippen LogP contribution is 2.23. The lowest BCUT2D eigenvalue weighted by Gasteiger charge is -2.14. The Balaban J connectivity index is 2.07. The standard InChI is InChI=1S/C12H15NO3S/c1-8(15)10-2-3-11(17-10)12(16)13-5-4-9(6-13)7-14/h2-3,9,14H,4-7H2,1H3. The van der Waals surface area contributed by atoms with Crippen molar-refractivity contribution in [3.8, 4) is 0 Å². The van der Waals surface area contributed by atoms with Gasteiger partial charge in [0.15, 0.2) is 5.78 Å².